The van der Waals surface area contributed by atoms with Gasteiger partial charge in [-0.15, -0.1) is 0 Å². The molecule has 0 amide bonds. The molecule has 0 radical (unpaired) electrons. The van der Waals surface area contributed by atoms with E-state index >= 15 is 0 Å². The Hall–Kier alpha value is -0.910. The molecule has 0 atom stereocenters. The molecular weight excluding hydrogens is 216 g/mol. The fourth-order valence-electron chi connectivity index (χ4n) is 1.76. The molecule has 0 saturated heterocycles. The van der Waals surface area contributed by atoms with Gasteiger partial charge < -0.3 is 15.4 Å². The third-order valence-electron chi connectivity index (χ3n) is 2.79. The smallest absolute Gasteiger partial charge is 0.0626 e. The van der Waals surface area contributed by atoms with Gasteiger partial charge in [-0.05, 0) is 32.4 Å². The number of aromatic amines is 1. The largest absolute Gasteiger partial charge is 0.383 e. The highest BCUT2D eigenvalue weighted by Crippen LogP contribution is 2.08. The number of rotatable bonds is 9. The number of aryl methyl sites for hydroxylation is 2. The molecule has 0 bridgehead atoms. The van der Waals surface area contributed by atoms with E-state index in [1.165, 1.54) is 11.3 Å². The lowest BCUT2D eigenvalue weighted by molar-refractivity contribution is 0.199. The first-order valence-electron chi connectivity index (χ1n) is 6.16. The van der Waals surface area contributed by atoms with Crippen LogP contribution < -0.4 is 10.6 Å². The monoisotopic (exact) mass is 240 g/mol. The van der Waals surface area contributed by atoms with E-state index in [4.69, 9.17) is 4.74 Å². The lowest BCUT2D eigenvalue weighted by Gasteiger charge is -2.06. The minimum atomic E-state index is 0.771. The molecule has 5 heteroatoms. The summed E-state index contributed by atoms with van der Waals surface area (Å²) in [7, 11) is 1.72. The van der Waals surface area contributed by atoms with Gasteiger partial charge in [-0.25, -0.2) is 0 Å². The molecule has 1 aromatic rings. The van der Waals surface area contributed by atoms with Crippen molar-refractivity contribution < 1.29 is 4.74 Å². The van der Waals surface area contributed by atoms with Crippen LogP contribution in [-0.2, 0) is 11.2 Å². The molecule has 17 heavy (non-hydrogen) atoms. The van der Waals surface area contributed by atoms with Gasteiger partial charge in [-0.1, -0.05) is 0 Å². The SMILES string of the molecule is COCCNCCNCCc1c(C)n[nH]c1C. The number of hydrogen-bond donors (Lipinski definition) is 3. The summed E-state index contributed by atoms with van der Waals surface area (Å²) >= 11 is 0. The maximum absolute atomic E-state index is 4.95. The molecule has 0 fully saturated rings. The minimum absolute atomic E-state index is 0.771. The van der Waals surface area contributed by atoms with E-state index in [1.807, 2.05) is 6.92 Å². The number of nitrogens with zero attached hydrogens (tertiary/aromatic N) is 1. The molecule has 0 unspecified atom stereocenters. The molecule has 1 rings (SSSR count). The molecule has 1 aromatic heterocycles. The maximum Gasteiger partial charge on any atom is 0.0626 e. The van der Waals surface area contributed by atoms with Gasteiger partial charge in [0.2, 0.25) is 0 Å². The van der Waals surface area contributed by atoms with Gasteiger partial charge in [-0.2, -0.15) is 5.10 Å². The topological polar surface area (TPSA) is 62.0 Å². The minimum Gasteiger partial charge on any atom is -0.383 e. The summed E-state index contributed by atoms with van der Waals surface area (Å²) in [5.74, 6) is 0. The summed E-state index contributed by atoms with van der Waals surface area (Å²) in [5.41, 5.74) is 3.63. The van der Waals surface area contributed by atoms with Crippen molar-refractivity contribution in [3.8, 4) is 0 Å². The van der Waals surface area contributed by atoms with Gasteiger partial charge in [0.1, 0.15) is 0 Å². The van der Waals surface area contributed by atoms with Crippen LogP contribution in [0.25, 0.3) is 0 Å². The van der Waals surface area contributed by atoms with E-state index in [0.29, 0.717) is 0 Å². The molecule has 0 aliphatic heterocycles. The van der Waals surface area contributed by atoms with Gasteiger partial charge in [0.05, 0.1) is 12.3 Å². The Labute approximate surface area is 103 Å². The highest BCUT2D eigenvalue weighted by atomic mass is 16.5. The van der Waals surface area contributed by atoms with Crippen molar-refractivity contribution in [3.05, 3.63) is 17.0 Å². The zero-order valence-electron chi connectivity index (χ0n) is 11.1. The van der Waals surface area contributed by atoms with Crippen LogP contribution in [0.2, 0.25) is 0 Å². The number of nitrogens with one attached hydrogen (secondary N) is 3. The predicted molar refractivity (Wildman–Crippen MR) is 69.4 cm³/mol. The molecule has 0 aromatic carbocycles. The Morgan fingerprint density at radius 2 is 1.82 bits per heavy atom. The molecule has 3 N–H and O–H groups in total. The van der Waals surface area contributed by atoms with E-state index in [1.54, 1.807) is 7.11 Å². The predicted octanol–water partition coefficient (Wildman–Crippen LogP) is 0.395. The molecule has 0 aliphatic rings. The summed E-state index contributed by atoms with van der Waals surface area (Å²) in [6.45, 7) is 8.76. The molecule has 1 heterocycles. The van der Waals surface area contributed by atoms with Gasteiger partial charge in [0.25, 0.3) is 0 Å². The lowest BCUT2D eigenvalue weighted by Crippen LogP contribution is -2.30. The standard InChI is InChI=1S/C12H24N4O/c1-10-12(11(2)16-15-10)4-5-13-6-7-14-8-9-17-3/h13-14H,4-9H2,1-3H3,(H,15,16). The van der Waals surface area contributed by atoms with E-state index in [2.05, 4.69) is 27.8 Å². The van der Waals surface area contributed by atoms with Crippen LogP contribution in [-0.4, -0.2) is 50.1 Å². The summed E-state index contributed by atoms with van der Waals surface area (Å²) < 4.78 is 4.95. The molecule has 5 nitrogen and oxygen atoms in total. The van der Waals surface area contributed by atoms with Crippen LogP contribution in [0.3, 0.4) is 0 Å². The Balaban J connectivity index is 2.01. The summed E-state index contributed by atoms with van der Waals surface area (Å²) in [4.78, 5) is 0. The van der Waals surface area contributed by atoms with Crippen LogP contribution in [0, 0.1) is 13.8 Å². The van der Waals surface area contributed by atoms with E-state index in [-0.39, 0.29) is 0 Å². The van der Waals surface area contributed by atoms with E-state index in [9.17, 15) is 0 Å². The van der Waals surface area contributed by atoms with Crippen molar-refractivity contribution in [2.24, 2.45) is 0 Å². The first-order chi connectivity index (χ1) is 8.25. The molecule has 98 valence electrons. The molecule has 0 aliphatic carbocycles. The second kappa shape index (κ2) is 8.22. The van der Waals surface area contributed by atoms with Crippen molar-refractivity contribution in [3.63, 3.8) is 0 Å². The van der Waals surface area contributed by atoms with Gasteiger partial charge >= 0.3 is 0 Å². The fourth-order valence-corrected chi connectivity index (χ4v) is 1.76. The summed E-state index contributed by atoms with van der Waals surface area (Å²) in [5, 5.41) is 13.9. The Morgan fingerprint density at radius 1 is 1.12 bits per heavy atom. The zero-order chi connectivity index (χ0) is 12.5. The molecule has 0 saturated carbocycles. The van der Waals surface area contributed by atoms with Crippen LogP contribution >= 0.6 is 0 Å². The Morgan fingerprint density at radius 3 is 2.41 bits per heavy atom. The molecule has 0 spiro atoms. The summed E-state index contributed by atoms with van der Waals surface area (Å²) in [6.07, 6.45) is 1.03. The van der Waals surface area contributed by atoms with Gasteiger partial charge in [0.15, 0.2) is 0 Å². The van der Waals surface area contributed by atoms with E-state index in [0.717, 1.165) is 44.9 Å². The van der Waals surface area contributed by atoms with Crippen LogP contribution in [0.4, 0.5) is 0 Å². The number of methoxy groups -OCH3 is 1. The number of H-pyrrole nitrogens is 1. The highest BCUT2D eigenvalue weighted by Gasteiger charge is 2.04. The van der Waals surface area contributed by atoms with Crippen LogP contribution in [0.15, 0.2) is 0 Å². The van der Waals surface area contributed by atoms with Crippen molar-refractivity contribution in [2.45, 2.75) is 20.3 Å². The van der Waals surface area contributed by atoms with Gasteiger partial charge in [0, 0.05) is 32.4 Å². The Kier molecular flexibility index (Phi) is 6.84. The maximum atomic E-state index is 4.95. The Bertz CT molecular complexity index is 292. The number of ether oxygens (including phenoxy) is 1. The quantitative estimate of drug-likeness (QED) is 0.547. The second-order valence-electron chi connectivity index (χ2n) is 4.16. The van der Waals surface area contributed by atoms with Crippen molar-refractivity contribution in [1.29, 1.82) is 0 Å². The molecular formula is C12H24N4O. The van der Waals surface area contributed by atoms with Crippen LogP contribution in [0.1, 0.15) is 17.0 Å². The number of hydrogen-bond acceptors (Lipinski definition) is 4. The van der Waals surface area contributed by atoms with Crippen molar-refractivity contribution in [1.82, 2.24) is 20.8 Å². The average Bonchev–Trinajstić information content (AvgIpc) is 2.63. The average molecular weight is 240 g/mol. The fraction of sp³-hybridized carbons (Fsp3) is 0.750. The number of aromatic nitrogens is 2. The van der Waals surface area contributed by atoms with Crippen molar-refractivity contribution in [2.75, 3.05) is 39.9 Å². The zero-order valence-corrected chi connectivity index (χ0v) is 11.1. The normalized spacial score (nSPS) is 11.0. The van der Waals surface area contributed by atoms with Crippen LogP contribution in [0.5, 0.6) is 0 Å². The highest BCUT2D eigenvalue weighted by molar-refractivity contribution is 5.23. The third kappa shape index (κ3) is 5.30. The van der Waals surface area contributed by atoms with Crippen molar-refractivity contribution >= 4 is 0 Å². The lowest BCUT2D eigenvalue weighted by atomic mass is 10.1. The van der Waals surface area contributed by atoms with Gasteiger partial charge in [-0.3, -0.25) is 5.10 Å². The summed E-state index contributed by atoms with van der Waals surface area (Å²) in [6, 6.07) is 0. The first kappa shape index (κ1) is 14.2. The van der Waals surface area contributed by atoms with E-state index < -0.39 is 0 Å². The first-order valence-corrected chi connectivity index (χ1v) is 6.16. The second-order valence-corrected chi connectivity index (χ2v) is 4.16. The third-order valence-corrected chi connectivity index (χ3v) is 2.79.